The molecular weight excluding hydrogens is 438 g/mol. The molecule has 0 aliphatic rings. The lowest BCUT2D eigenvalue weighted by atomic mass is 10.1. The normalized spacial score (nSPS) is 11.0. The molecule has 8 nitrogen and oxygen atoms in total. The van der Waals surface area contributed by atoms with Crippen molar-refractivity contribution in [3.05, 3.63) is 75.4 Å². The van der Waals surface area contributed by atoms with Gasteiger partial charge in [-0.25, -0.2) is 0 Å². The average Bonchev–Trinajstić information content (AvgIpc) is 3.22. The van der Waals surface area contributed by atoms with Crippen molar-refractivity contribution in [1.82, 2.24) is 25.4 Å². The Morgan fingerprint density at radius 3 is 2.39 bits per heavy atom. The molecule has 0 aliphatic heterocycles. The number of rotatable bonds is 8. The fourth-order valence-corrected chi connectivity index (χ4v) is 4.12. The smallest absolute Gasteiger partial charge is 0.262 e. The number of hydrogen-bond acceptors (Lipinski definition) is 4. The first-order valence-electron chi connectivity index (χ1n) is 10.9. The minimum Gasteiger partial charge on any atom is -0.361 e. The molecule has 0 saturated carbocycles. The van der Waals surface area contributed by atoms with Crippen LogP contribution in [0.4, 0.5) is 0 Å². The largest absolute Gasteiger partial charge is 0.361 e. The summed E-state index contributed by atoms with van der Waals surface area (Å²) in [7, 11) is 0. The van der Waals surface area contributed by atoms with Crippen LogP contribution in [0, 0.1) is 4.77 Å². The van der Waals surface area contributed by atoms with Crippen molar-refractivity contribution in [3.63, 3.8) is 0 Å². The minimum absolute atomic E-state index is 0.106. The predicted molar refractivity (Wildman–Crippen MR) is 130 cm³/mol. The summed E-state index contributed by atoms with van der Waals surface area (Å²) in [5, 5.41) is 1.60. The zero-order chi connectivity index (χ0) is 23.2. The van der Waals surface area contributed by atoms with E-state index in [-0.39, 0.29) is 30.2 Å². The standard InChI is InChI=1S/C24H25N5O3S/c30-21(27-28-22(31)14-16-15-25-19-10-5-3-8-17(16)19)12-2-1-7-13-29-23(32)18-9-4-6-11-20(18)26-24(29)33/h3-6,8-11,15,25H,1-2,7,12-14H2,(H,26,33)(H,27,30)(H,28,31). The van der Waals surface area contributed by atoms with Crippen molar-refractivity contribution in [2.24, 2.45) is 0 Å². The van der Waals surface area contributed by atoms with Crippen molar-refractivity contribution < 1.29 is 9.59 Å². The summed E-state index contributed by atoms with van der Waals surface area (Å²) < 4.78 is 1.96. The Morgan fingerprint density at radius 1 is 0.879 bits per heavy atom. The van der Waals surface area contributed by atoms with E-state index in [2.05, 4.69) is 20.8 Å². The number of fused-ring (bicyclic) bond motifs is 2. The number of nitrogens with one attached hydrogen (secondary N) is 4. The number of hydrogen-bond donors (Lipinski definition) is 4. The number of nitrogens with zero attached hydrogens (tertiary/aromatic N) is 1. The number of aromatic nitrogens is 3. The van der Waals surface area contributed by atoms with Crippen LogP contribution in [0.1, 0.15) is 31.2 Å². The summed E-state index contributed by atoms with van der Waals surface area (Å²) in [6, 6.07) is 15.0. The number of hydrazine groups is 1. The van der Waals surface area contributed by atoms with Crippen molar-refractivity contribution in [2.75, 3.05) is 0 Å². The van der Waals surface area contributed by atoms with Gasteiger partial charge in [0, 0.05) is 30.1 Å². The summed E-state index contributed by atoms with van der Waals surface area (Å²) in [5.41, 5.74) is 7.40. The van der Waals surface area contributed by atoms with Crippen LogP contribution in [0.3, 0.4) is 0 Å². The van der Waals surface area contributed by atoms with E-state index in [1.165, 1.54) is 0 Å². The van der Waals surface area contributed by atoms with Gasteiger partial charge in [-0.05, 0) is 48.8 Å². The molecule has 0 bridgehead atoms. The van der Waals surface area contributed by atoms with Crippen molar-refractivity contribution in [2.45, 2.75) is 38.6 Å². The maximum atomic E-state index is 12.6. The lowest BCUT2D eigenvalue weighted by molar-refractivity contribution is -0.128. The van der Waals surface area contributed by atoms with E-state index in [1.807, 2.05) is 42.5 Å². The van der Waals surface area contributed by atoms with Crippen LogP contribution in [-0.4, -0.2) is 26.3 Å². The fourth-order valence-electron chi connectivity index (χ4n) is 3.83. The van der Waals surface area contributed by atoms with Gasteiger partial charge in [0.15, 0.2) is 4.77 Å². The topological polar surface area (TPSA) is 112 Å². The SMILES string of the molecule is O=C(CCCCCn1c(=S)[nH]c2ccccc2c1=O)NNC(=O)Cc1c[nH]c2ccccc12. The Kier molecular flexibility index (Phi) is 6.99. The molecule has 4 aromatic rings. The molecule has 2 amide bonds. The van der Waals surface area contributed by atoms with Crippen molar-refractivity contribution in [1.29, 1.82) is 0 Å². The van der Waals surface area contributed by atoms with Gasteiger partial charge in [0.25, 0.3) is 5.56 Å². The summed E-state index contributed by atoms with van der Waals surface area (Å²) in [5.74, 6) is -0.527. The zero-order valence-electron chi connectivity index (χ0n) is 18.0. The van der Waals surface area contributed by atoms with Gasteiger partial charge in [-0.1, -0.05) is 36.8 Å². The molecule has 0 fully saturated rings. The molecule has 4 rings (SSSR count). The molecule has 9 heteroatoms. The van der Waals surface area contributed by atoms with Gasteiger partial charge in [-0.2, -0.15) is 0 Å². The van der Waals surface area contributed by atoms with E-state index in [0.717, 1.165) is 34.8 Å². The van der Waals surface area contributed by atoms with Crippen LogP contribution in [0.15, 0.2) is 59.5 Å². The van der Waals surface area contributed by atoms with Crippen LogP contribution in [0.5, 0.6) is 0 Å². The maximum Gasteiger partial charge on any atom is 0.262 e. The molecule has 170 valence electrons. The highest BCUT2D eigenvalue weighted by atomic mass is 32.1. The highest BCUT2D eigenvalue weighted by molar-refractivity contribution is 7.71. The van der Waals surface area contributed by atoms with Crippen LogP contribution >= 0.6 is 12.2 Å². The summed E-state index contributed by atoms with van der Waals surface area (Å²) in [6.07, 6.45) is 4.38. The van der Waals surface area contributed by atoms with E-state index in [1.54, 1.807) is 16.8 Å². The molecule has 0 aliphatic carbocycles. The number of carbonyl (C=O) groups is 2. The lowest BCUT2D eigenvalue weighted by Crippen LogP contribution is -2.42. The van der Waals surface area contributed by atoms with Crippen molar-refractivity contribution in [3.8, 4) is 0 Å². The summed E-state index contributed by atoms with van der Waals surface area (Å²) in [4.78, 5) is 43.0. The Morgan fingerprint density at radius 2 is 1.58 bits per heavy atom. The van der Waals surface area contributed by atoms with Gasteiger partial charge in [-0.3, -0.25) is 29.8 Å². The number of para-hydroxylation sites is 2. The van der Waals surface area contributed by atoms with Gasteiger partial charge in [0.1, 0.15) is 0 Å². The number of aromatic amines is 2. The molecule has 0 radical (unpaired) electrons. The monoisotopic (exact) mass is 463 g/mol. The van der Waals surface area contributed by atoms with E-state index in [0.29, 0.717) is 23.1 Å². The Balaban J connectivity index is 1.18. The van der Waals surface area contributed by atoms with Gasteiger partial charge < -0.3 is 9.97 Å². The first kappa shape index (κ1) is 22.5. The zero-order valence-corrected chi connectivity index (χ0v) is 18.8. The average molecular weight is 464 g/mol. The van der Waals surface area contributed by atoms with E-state index < -0.39 is 0 Å². The summed E-state index contributed by atoms with van der Waals surface area (Å²) >= 11 is 5.31. The number of benzene rings is 2. The molecule has 0 atom stereocenters. The Hall–Kier alpha value is -3.72. The van der Waals surface area contributed by atoms with Crippen LogP contribution < -0.4 is 16.4 Å². The molecule has 2 aromatic heterocycles. The predicted octanol–water partition coefficient (Wildman–Crippen LogP) is 3.49. The summed E-state index contributed by atoms with van der Waals surface area (Å²) in [6.45, 7) is 0.488. The highest BCUT2D eigenvalue weighted by Gasteiger charge is 2.10. The third kappa shape index (κ3) is 5.38. The molecule has 33 heavy (non-hydrogen) atoms. The van der Waals surface area contributed by atoms with E-state index >= 15 is 0 Å². The van der Waals surface area contributed by atoms with Gasteiger partial charge in [-0.15, -0.1) is 0 Å². The number of unbranched alkanes of at least 4 members (excludes halogenated alkanes) is 2. The molecular formula is C24H25N5O3S. The first-order valence-corrected chi connectivity index (χ1v) is 11.3. The second-order valence-electron chi connectivity index (χ2n) is 7.88. The minimum atomic E-state index is -0.280. The third-order valence-electron chi connectivity index (χ3n) is 5.54. The van der Waals surface area contributed by atoms with Crippen LogP contribution in [0.2, 0.25) is 0 Å². The highest BCUT2D eigenvalue weighted by Crippen LogP contribution is 2.17. The molecule has 2 heterocycles. The molecule has 0 unspecified atom stereocenters. The van der Waals surface area contributed by atoms with Crippen LogP contribution in [0.25, 0.3) is 21.8 Å². The Labute approximate surface area is 195 Å². The fraction of sp³-hybridized carbons (Fsp3) is 0.250. The lowest BCUT2D eigenvalue weighted by Gasteiger charge is -2.09. The van der Waals surface area contributed by atoms with Crippen LogP contribution in [-0.2, 0) is 22.6 Å². The van der Waals surface area contributed by atoms with Gasteiger partial charge in [0.2, 0.25) is 11.8 Å². The second-order valence-corrected chi connectivity index (χ2v) is 8.26. The molecule has 0 spiro atoms. The first-order chi connectivity index (χ1) is 16.0. The third-order valence-corrected chi connectivity index (χ3v) is 5.86. The van der Waals surface area contributed by atoms with E-state index in [4.69, 9.17) is 12.2 Å². The van der Waals surface area contributed by atoms with Gasteiger partial charge >= 0.3 is 0 Å². The Bertz CT molecular complexity index is 1420. The maximum absolute atomic E-state index is 12.6. The molecule has 0 saturated heterocycles. The number of carbonyl (C=O) groups excluding carboxylic acids is 2. The van der Waals surface area contributed by atoms with E-state index in [9.17, 15) is 14.4 Å². The molecule has 2 aromatic carbocycles. The second kappa shape index (κ2) is 10.3. The quantitative estimate of drug-likeness (QED) is 0.182. The van der Waals surface area contributed by atoms with Gasteiger partial charge in [0.05, 0.1) is 17.3 Å². The molecule has 4 N–H and O–H groups in total. The van der Waals surface area contributed by atoms with Crippen molar-refractivity contribution >= 4 is 45.8 Å². The number of H-pyrrole nitrogens is 2. The number of amides is 2.